The Morgan fingerprint density at radius 3 is 2.74 bits per heavy atom. The monoisotopic (exact) mass is 273 g/mol. The van der Waals surface area contributed by atoms with Gasteiger partial charge < -0.3 is 5.11 Å². The lowest BCUT2D eigenvalue weighted by atomic mass is 9.81. The van der Waals surface area contributed by atoms with Gasteiger partial charge in [-0.3, -0.25) is 0 Å². The molecule has 1 aliphatic rings. The molecule has 19 heavy (non-hydrogen) atoms. The van der Waals surface area contributed by atoms with Gasteiger partial charge in [0.05, 0.1) is 16.8 Å². The smallest absolute Gasteiger partial charge is 0.0958 e. The summed E-state index contributed by atoms with van der Waals surface area (Å²) in [6, 6.07) is 10.2. The van der Waals surface area contributed by atoms with Crippen molar-refractivity contribution in [1.29, 1.82) is 0 Å². The molecule has 100 valence electrons. The van der Waals surface area contributed by atoms with Crippen LogP contribution < -0.4 is 0 Å². The predicted molar refractivity (Wildman–Crippen MR) is 79.2 cm³/mol. The van der Waals surface area contributed by atoms with E-state index in [9.17, 15) is 5.11 Å². The molecular weight excluding hydrogens is 254 g/mol. The number of hydrogen-bond acceptors (Lipinski definition) is 3. The Morgan fingerprint density at radius 2 is 2.05 bits per heavy atom. The third-order valence-corrected chi connectivity index (χ3v) is 4.73. The fraction of sp³-hybridized carbons (Fsp3) is 0.438. The number of thiazole rings is 1. The van der Waals surface area contributed by atoms with Gasteiger partial charge in [-0.05, 0) is 12.3 Å². The van der Waals surface area contributed by atoms with Crippen LogP contribution in [0.15, 0.2) is 35.7 Å². The zero-order valence-corrected chi connectivity index (χ0v) is 11.8. The lowest BCUT2D eigenvalue weighted by Gasteiger charge is -2.27. The molecule has 0 spiro atoms. The summed E-state index contributed by atoms with van der Waals surface area (Å²) in [6.07, 6.45) is 5.36. The first-order valence-corrected chi connectivity index (χ1v) is 7.87. The minimum atomic E-state index is -0.222. The molecule has 3 heteroatoms. The molecule has 1 saturated carbocycles. The molecule has 1 unspecified atom stereocenters. The zero-order valence-electron chi connectivity index (χ0n) is 11.0. The fourth-order valence-corrected chi connectivity index (χ4v) is 3.42. The summed E-state index contributed by atoms with van der Waals surface area (Å²) in [5.74, 6) is 0.753. The van der Waals surface area contributed by atoms with Gasteiger partial charge in [0.1, 0.15) is 0 Å². The van der Waals surface area contributed by atoms with Crippen molar-refractivity contribution in [3.63, 3.8) is 0 Å². The van der Waals surface area contributed by atoms with E-state index in [-0.39, 0.29) is 6.10 Å². The van der Waals surface area contributed by atoms with Crippen molar-refractivity contribution in [2.24, 2.45) is 5.92 Å². The van der Waals surface area contributed by atoms with Gasteiger partial charge in [0, 0.05) is 17.4 Å². The second-order valence-electron chi connectivity index (χ2n) is 5.38. The van der Waals surface area contributed by atoms with Crippen molar-refractivity contribution < 1.29 is 5.11 Å². The van der Waals surface area contributed by atoms with Crippen LogP contribution >= 0.6 is 11.3 Å². The minimum absolute atomic E-state index is 0.222. The summed E-state index contributed by atoms with van der Waals surface area (Å²) in [5.41, 5.74) is 2.18. The summed E-state index contributed by atoms with van der Waals surface area (Å²) < 4.78 is 0. The Balaban J connectivity index is 1.61. The minimum Gasteiger partial charge on any atom is -0.393 e. The van der Waals surface area contributed by atoms with Gasteiger partial charge in [0.15, 0.2) is 0 Å². The van der Waals surface area contributed by atoms with Crippen molar-refractivity contribution in [2.75, 3.05) is 0 Å². The molecule has 1 aromatic heterocycles. The molecule has 2 nitrogen and oxygen atoms in total. The number of hydrogen-bond donors (Lipinski definition) is 1. The van der Waals surface area contributed by atoms with Gasteiger partial charge in [-0.25, -0.2) is 4.98 Å². The van der Waals surface area contributed by atoms with E-state index < -0.39 is 0 Å². The molecule has 1 aromatic carbocycles. The van der Waals surface area contributed by atoms with E-state index in [0.717, 1.165) is 28.6 Å². The molecule has 1 aliphatic carbocycles. The number of nitrogens with zero attached hydrogens (tertiary/aromatic N) is 1. The summed E-state index contributed by atoms with van der Waals surface area (Å²) in [5, 5.41) is 13.2. The highest BCUT2D eigenvalue weighted by molar-refractivity contribution is 7.09. The fourth-order valence-electron chi connectivity index (χ4n) is 2.54. The molecule has 3 rings (SSSR count). The van der Waals surface area contributed by atoms with E-state index >= 15 is 0 Å². The number of aliphatic hydroxyl groups is 1. The maximum atomic E-state index is 10.1. The molecule has 0 amide bonds. The SMILES string of the molecule is OC(Cc1nc(-c2ccccc2)cs1)CC1CCC1. The summed E-state index contributed by atoms with van der Waals surface area (Å²) in [6.45, 7) is 0. The van der Waals surface area contributed by atoms with Crippen molar-refractivity contribution in [3.8, 4) is 11.3 Å². The van der Waals surface area contributed by atoms with Gasteiger partial charge in [-0.1, -0.05) is 49.6 Å². The average molecular weight is 273 g/mol. The van der Waals surface area contributed by atoms with Crippen molar-refractivity contribution in [2.45, 2.75) is 38.2 Å². The van der Waals surface area contributed by atoms with Crippen LogP contribution in [0.5, 0.6) is 0 Å². The number of aromatic nitrogens is 1. The summed E-state index contributed by atoms with van der Waals surface area (Å²) in [7, 11) is 0. The average Bonchev–Trinajstić information content (AvgIpc) is 2.83. The highest BCUT2D eigenvalue weighted by atomic mass is 32.1. The van der Waals surface area contributed by atoms with Crippen LogP contribution in [0.25, 0.3) is 11.3 Å². The second-order valence-corrected chi connectivity index (χ2v) is 6.33. The van der Waals surface area contributed by atoms with Crippen LogP contribution in [0.3, 0.4) is 0 Å². The lowest BCUT2D eigenvalue weighted by Crippen LogP contribution is -2.20. The van der Waals surface area contributed by atoms with Crippen LogP contribution in [-0.4, -0.2) is 16.2 Å². The predicted octanol–water partition coefficient (Wildman–Crippen LogP) is 3.90. The molecule has 0 radical (unpaired) electrons. The molecule has 0 aliphatic heterocycles. The Hall–Kier alpha value is -1.19. The Labute approximate surface area is 118 Å². The number of aliphatic hydroxyl groups excluding tert-OH is 1. The quantitative estimate of drug-likeness (QED) is 0.896. The molecule has 1 atom stereocenters. The molecule has 1 N–H and O–H groups in total. The Bertz CT molecular complexity index is 519. The van der Waals surface area contributed by atoms with E-state index in [1.54, 1.807) is 11.3 Å². The first-order chi connectivity index (χ1) is 9.31. The summed E-state index contributed by atoms with van der Waals surface area (Å²) in [4.78, 5) is 4.63. The van der Waals surface area contributed by atoms with Gasteiger partial charge in [-0.2, -0.15) is 0 Å². The van der Waals surface area contributed by atoms with Gasteiger partial charge in [-0.15, -0.1) is 11.3 Å². The number of rotatable bonds is 5. The van der Waals surface area contributed by atoms with E-state index in [4.69, 9.17) is 0 Å². The van der Waals surface area contributed by atoms with Crippen LogP contribution in [-0.2, 0) is 6.42 Å². The summed E-state index contributed by atoms with van der Waals surface area (Å²) >= 11 is 1.65. The first-order valence-electron chi connectivity index (χ1n) is 6.99. The van der Waals surface area contributed by atoms with Crippen molar-refractivity contribution >= 4 is 11.3 Å². The van der Waals surface area contributed by atoms with E-state index in [1.807, 2.05) is 18.2 Å². The maximum absolute atomic E-state index is 10.1. The number of benzene rings is 1. The topological polar surface area (TPSA) is 33.1 Å². The maximum Gasteiger partial charge on any atom is 0.0958 e. The van der Waals surface area contributed by atoms with Gasteiger partial charge in [0.25, 0.3) is 0 Å². The zero-order chi connectivity index (χ0) is 13.1. The third kappa shape index (κ3) is 3.23. The van der Waals surface area contributed by atoms with Crippen molar-refractivity contribution in [1.82, 2.24) is 4.98 Å². The lowest BCUT2D eigenvalue weighted by molar-refractivity contribution is 0.118. The molecular formula is C16H19NOS. The molecule has 0 saturated heterocycles. The van der Waals surface area contributed by atoms with Crippen LogP contribution in [0.1, 0.15) is 30.7 Å². The Kier molecular flexibility index (Phi) is 3.95. The van der Waals surface area contributed by atoms with Gasteiger partial charge >= 0.3 is 0 Å². The second kappa shape index (κ2) is 5.85. The molecule has 2 aromatic rings. The molecule has 1 fully saturated rings. The third-order valence-electron chi connectivity index (χ3n) is 3.86. The Morgan fingerprint density at radius 1 is 1.26 bits per heavy atom. The first kappa shape index (κ1) is 12.8. The highest BCUT2D eigenvalue weighted by Crippen LogP contribution is 2.31. The van der Waals surface area contributed by atoms with Crippen molar-refractivity contribution in [3.05, 3.63) is 40.7 Å². The highest BCUT2D eigenvalue weighted by Gasteiger charge is 2.21. The van der Waals surface area contributed by atoms with Crippen LogP contribution in [0.4, 0.5) is 0 Å². The molecule has 1 heterocycles. The van der Waals surface area contributed by atoms with Gasteiger partial charge in [0.2, 0.25) is 0 Å². The standard InChI is InChI=1S/C16H19NOS/c18-14(9-12-5-4-6-12)10-16-17-15(11-19-16)13-7-2-1-3-8-13/h1-3,7-8,11-12,14,18H,4-6,9-10H2. The molecule has 0 bridgehead atoms. The van der Waals surface area contributed by atoms with Crippen LogP contribution in [0, 0.1) is 5.92 Å². The largest absolute Gasteiger partial charge is 0.393 e. The van der Waals surface area contributed by atoms with E-state index in [1.165, 1.54) is 19.3 Å². The normalized spacial score (nSPS) is 17.1. The van der Waals surface area contributed by atoms with E-state index in [2.05, 4.69) is 22.5 Å². The van der Waals surface area contributed by atoms with E-state index in [0.29, 0.717) is 6.42 Å². The van der Waals surface area contributed by atoms with Crippen LogP contribution in [0.2, 0.25) is 0 Å².